The van der Waals surface area contributed by atoms with Crippen molar-refractivity contribution in [3.05, 3.63) is 30.2 Å². The van der Waals surface area contributed by atoms with E-state index in [2.05, 4.69) is 15.2 Å². The van der Waals surface area contributed by atoms with E-state index < -0.39 is 0 Å². The molecule has 0 spiro atoms. The Bertz CT molecular complexity index is 591. The summed E-state index contributed by atoms with van der Waals surface area (Å²) in [4.78, 5) is 6.81. The maximum absolute atomic E-state index is 14.1. The number of hydrogen-bond acceptors (Lipinski definition) is 3. The van der Waals surface area contributed by atoms with Crippen LogP contribution in [0.2, 0.25) is 0 Å². The molecule has 0 unspecified atom stereocenters. The smallest absolute Gasteiger partial charge is 0.136 e. The summed E-state index contributed by atoms with van der Waals surface area (Å²) >= 11 is 0. The van der Waals surface area contributed by atoms with Gasteiger partial charge < -0.3 is 10.2 Å². The van der Waals surface area contributed by atoms with Gasteiger partial charge in [0.2, 0.25) is 0 Å². The molecule has 0 radical (unpaired) electrons. The quantitative estimate of drug-likeness (QED) is 0.896. The van der Waals surface area contributed by atoms with Crippen LogP contribution < -0.4 is 10.2 Å². The summed E-state index contributed by atoms with van der Waals surface area (Å²) in [6.07, 6.45) is 5.38. The second kappa shape index (κ2) is 5.03. The monoisotopic (exact) mass is 259 g/mol. The second-order valence-electron chi connectivity index (χ2n) is 4.96. The van der Waals surface area contributed by atoms with Gasteiger partial charge >= 0.3 is 0 Å². The van der Waals surface area contributed by atoms with E-state index in [0.29, 0.717) is 5.39 Å². The maximum atomic E-state index is 14.1. The predicted octanol–water partition coefficient (Wildman–Crippen LogP) is 3.41. The molecular weight excluding hydrogens is 241 g/mol. The van der Waals surface area contributed by atoms with E-state index in [0.717, 1.165) is 30.0 Å². The van der Waals surface area contributed by atoms with Crippen LogP contribution in [0.3, 0.4) is 0 Å². The first-order chi connectivity index (χ1) is 9.31. The summed E-state index contributed by atoms with van der Waals surface area (Å²) in [5, 5.41) is 4.56. The van der Waals surface area contributed by atoms with Gasteiger partial charge in [0.25, 0.3) is 0 Å². The van der Waals surface area contributed by atoms with Crippen LogP contribution in [0.5, 0.6) is 0 Å². The maximum Gasteiger partial charge on any atom is 0.136 e. The van der Waals surface area contributed by atoms with Crippen molar-refractivity contribution in [2.45, 2.75) is 19.3 Å². The standard InChI is InChI=1S/C15H18FN3/c1-17-13-10-18-15(19-8-3-2-4-9-19)11-6-5-7-12(16)14(11)13/h5-7,10,17H,2-4,8-9H2,1H3. The van der Waals surface area contributed by atoms with Crippen molar-refractivity contribution in [2.24, 2.45) is 0 Å². The van der Waals surface area contributed by atoms with Gasteiger partial charge in [0.15, 0.2) is 0 Å². The molecule has 0 bridgehead atoms. The Morgan fingerprint density at radius 3 is 2.74 bits per heavy atom. The summed E-state index contributed by atoms with van der Waals surface area (Å²) < 4.78 is 14.1. The van der Waals surface area contributed by atoms with E-state index >= 15 is 0 Å². The SMILES string of the molecule is CNc1cnc(N2CCCCC2)c2cccc(F)c12. The number of rotatable bonds is 2. The largest absolute Gasteiger partial charge is 0.386 e. The number of piperidine rings is 1. The van der Waals surface area contributed by atoms with E-state index in [1.165, 1.54) is 25.3 Å². The second-order valence-corrected chi connectivity index (χ2v) is 4.96. The molecule has 1 aromatic heterocycles. The normalized spacial score (nSPS) is 15.8. The molecule has 100 valence electrons. The molecule has 1 fully saturated rings. The Morgan fingerprint density at radius 2 is 2.00 bits per heavy atom. The Morgan fingerprint density at radius 1 is 1.21 bits per heavy atom. The molecule has 2 heterocycles. The Hall–Kier alpha value is -1.84. The van der Waals surface area contributed by atoms with Crippen LogP contribution in [-0.4, -0.2) is 25.1 Å². The van der Waals surface area contributed by atoms with Gasteiger partial charge in [-0.1, -0.05) is 12.1 Å². The Labute approximate surface area is 112 Å². The number of aromatic nitrogens is 1. The van der Waals surface area contributed by atoms with Crippen LogP contribution in [0.25, 0.3) is 10.8 Å². The molecule has 3 rings (SSSR count). The van der Waals surface area contributed by atoms with E-state index in [1.807, 2.05) is 6.07 Å². The summed E-state index contributed by atoms with van der Waals surface area (Å²) in [5.41, 5.74) is 0.744. The van der Waals surface area contributed by atoms with Gasteiger partial charge in [-0.15, -0.1) is 0 Å². The van der Waals surface area contributed by atoms with Gasteiger partial charge in [0, 0.05) is 30.9 Å². The first-order valence-electron chi connectivity index (χ1n) is 6.81. The zero-order valence-electron chi connectivity index (χ0n) is 11.1. The van der Waals surface area contributed by atoms with E-state index in [-0.39, 0.29) is 5.82 Å². The molecule has 0 saturated carbocycles. The zero-order valence-corrected chi connectivity index (χ0v) is 11.1. The summed E-state index contributed by atoms with van der Waals surface area (Å²) in [6.45, 7) is 2.02. The molecule has 0 amide bonds. The highest BCUT2D eigenvalue weighted by Gasteiger charge is 2.17. The minimum Gasteiger partial charge on any atom is -0.386 e. The molecule has 1 aliphatic heterocycles. The van der Waals surface area contributed by atoms with Gasteiger partial charge in [-0.3, -0.25) is 0 Å². The molecule has 1 saturated heterocycles. The molecule has 0 aliphatic carbocycles. The third-order valence-electron chi connectivity index (χ3n) is 3.76. The fraction of sp³-hybridized carbons (Fsp3) is 0.400. The van der Waals surface area contributed by atoms with Crippen molar-refractivity contribution in [3.63, 3.8) is 0 Å². The molecule has 19 heavy (non-hydrogen) atoms. The fourth-order valence-electron chi connectivity index (χ4n) is 2.79. The molecule has 3 nitrogen and oxygen atoms in total. The molecular formula is C15H18FN3. The van der Waals surface area contributed by atoms with Crippen molar-refractivity contribution in [1.29, 1.82) is 0 Å². The van der Waals surface area contributed by atoms with Gasteiger partial charge in [-0.25, -0.2) is 9.37 Å². The van der Waals surface area contributed by atoms with Crippen LogP contribution in [0.15, 0.2) is 24.4 Å². The number of nitrogens with one attached hydrogen (secondary N) is 1. The lowest BCUT2D eigenvalue weighted by molar-refractivity contribution is 0.574. The van der Waals surface area contributed by atoms with Crippen molar-refractivity contribution in [2.75, 3.05) is 30.4 Å². The number of pyridine rings is 1. The summed E-state index contributed by atoms with van der Waals surface area (Å²) in [7, 11) is 1.80. The average Bonchev–Trinajstić information content (AvgIpc) is 2.47. The van der Waals surface area contributed by atoms with Crippen LogP contribution in [0.1, 0.15) is 19.3 Å². The highest BCUT2D eigenvalue weighted by molar-refractivity contribution is 6.00. The van der Waals surface area contributed by atoms with Crippen LogP contribution in [0, 0.1) is 5.82 Å². The molecule has 0 atom stereocenters. The van der Waals surface area contributed by atoms with Crippen LogP contribution in [-0.2, 0) is 0 Å². The Balaban J connectivity index is 2.18. The minimum absolute atomic E-state index is 0.192. The lowest BCUT2D eigenvalue weighted by atomic mass is 10.1. The fourth-order valence-corrected chi connectivity index (χ4v) is 2.79. The van der Waals surface area contributed by atoms with Crippen molar-refractivity contribution >= 4 is 22.3 Å². The molecule has 1 aromatic carbocycles. The van der Waals surface area contributed by atoms with Crippen LogP contribution >= 0.6 is 0 Å². The van der Waals surface area contributed by atoms with Crippen molar-refractivity contribution in [1.82, 2.24) is 4.98 Å². The number of benzene rings is 1. The Kier molecular flexibility index (Phi) is 3.23. The number of fused-ring (bicyclic) bond motifs is 1. The van der Waals surface area contributed by atoms with Gasteiger partial charge in [0.05, 0.1) is 11.9 Å². The first-order valence-corrected chi connectivity index (χ1v) is 6.81. The van der Waals surface area contributed by atoms with Crippen LogP contribution in [0.4, 0.5) is 15.9 Å². The highest BCUT2D eigenvalue weighted by Crippen LogP contribution is 2.32. The van der Waals surface area contributed by atoms with E-state index in [4.69, 9.17) is 0 Å². The molecule has 1 aliphatic rings. The van der Waals surface area contributed by atoms with E-state index in [9.17, 15) is 4.39 Å². The number of hydrogen-bond donors (Lipinski definition) is 1. The number of anilines is 2. The number of nitrogens with zero attached hydrogens (tertiary/aromatic N) is 2. The third kappa shape index (κ3) is 2.11. The molecule has 4 heteroatoms. The topological polar surface area (TPSA) is 28.2 Å². The zero-order chi connectivity index (χ0) is 13.2. The van der Waals surface area contributed by atoms with Gasteiger partial charge in [-0.2, -0.15) is 0 Å². The lowest BCUT2D eigenvalue weighted by Gasteiger charge is -2.29. The predicted molar refractivity (Wildman–Crippen MR) is 77.3 cm³/mol. The third-order valence-corrected chi connectivity index (χ3v) is 3.76. The molecule has 1 N–H and O–H groups in total. The molecule has 2 aromatic rings. The van der Waals surface area contributed by atoms with Crippen molar-refractivity contribution in [3.8, 4) is 0 Å². The lowest BCUT2D eigenvalue weighted by Crippen LogP contribution is -2.30. The minimum atomic E-state index is -0.192. The average molecular weight is 259 g/mol. The van der Waals surface area contributed by atoms with Crippen molar-refractivity contribution < 1.29 is 4.39 Å². The van der Waals surface area contributed by atoms with Gasteiger partial charge in [0.1, 0.15) is 11.6 Å². The van der Waals surface area contributed by atoms with Gasteiger partial charge in [-0.05, 0) is 25.3 Å². The number of halogens is 1. The summed E-state index contributed by atoms with van der Waals surface area (Å²) in [5.74, 6) is 0.718. The van der Waals surface area contributed by atoms with E-state index in [1.54, 1.807) is 19.3 Å². The summed E-state index contributed by atoms with van der Waals surface area (Å²) in [6, 6.07) is 5.21. The first kappa shape index (κ1) is 12.2. The highest BCUT2D eigenvalue weighted by atomic mass is 19.1.